The molecule has 3 aliphatic rings. The third-order valence-corrected chi connectivity index (χ3v) is 8.46. The highest BCUT2D eigenvalue weighted by molar-refractivity contribution is 6.01. The molecule has 12 N–H and O–H groups in total. The van der Waals surface area contributed by atoms with Crippen molar-refractivity contribution in [2.24, 2.45) is 11.5 Å². The summed E-state index contributed by atoms with van der Waals surface area (Å²) in [5.74, 6) is -0.956. The van der Waals surface area contributed by atoms with Gasteiger partial charge in [0.25, 0.3) is 17.7 Å². The Kier molecular flexibility index (Phi) is 11.7. The van der Waals surface area contributed by atoms with Gasteiger partial charge in [0.1, 0.15) is 0 Å². The molecule has 6 rings (SSSR count). The highest BCUT2D eigenvalue weighted by atomic mass is 16.5. The van der Waals surface area contributed by atoms with E-state index in [1.165, 1.54) is 30.2 Å². The van der Waals surface area contributed by atoms with Crippen molar-refractivity contribution in [3.63, 3.8) is 0 Å². The first-order valence-electron chi connectivity index (χ1n) is 15.9. The molecule has 3 aliphatic heterocycles. The number of rotatable bonds is 5. The molecule has 0 radical (unpaired) electrons. The van der Waals surface area contributed by atoms with Crippen LogP contribution >= 0.6 is 0 Å². The number of nitrogens with zero attached hydrogens (tertiary/aromatic N) is 3. The van der Waals surface area contributed by atoms with Crippen molar-refractivity contribution in [3.05, 3.63) is 70.8 Å². The Hall–Kier alpha value is -5.17. The minimum atomic E-state index is -0.560. The van der Waals surface area contributed by atoms with E-state index in [0.29, 0.717) is 47.1 Å². The number of aryl methyl sites for hydroxylation is 1. The molecule has 0 bridgehead atoms. The van der Waals surface area contributed by atoms with Crippen LogP contribution < -0.4 is 44.2 Å². The minimum absolute atomic E-state index is 0.0976. The summed E-state index contributed by atoms with van der Waals surface area (Å²) < 4.78 is 5.26. The molecule has 3 aromatic rings. The van der Waals surface area contributed by atoms with Gasteiger partial charge in [-0.1, -0.05) is 0 Å². The highest BCUT2D eigenvalue weighted by Gasteiger charge is 2.24. The van der Waals surface area contributed by atoms with Gasteiger partial charge in [-0.05, 0) is 86.7 Å². The highest BCUT2D eigenvalue weighted by Crippen LogP contribution is 2.30. The number of carbonyl (C=O) groups is 3. The van der Waals surface area contributed by atoms with E-state index < -0.39 is 11.8 Å². The van der Waals surface area contributed by atoms with Gasteiger partial charge in [-0.2, -0.15) is 0 Å². The van der Waals surface area contributed by atoms with Crippen molar-refractivity contribution in [3.8, 4) is 0 Å². The quantitative estimate of drug-likeness (QED) is 0.222. The number of anilines is 6. The Morgan fingerprint density at radius 3 is 1.74 bits per heavy atom. The van der Waals surface area contributed by atoms with Crippen molar-refractivity contribution < 1.29 is 19.1 Å². The van der Waals surface area contributed by atoms with Gasteiger partial charge in [0.2, 0.25) is 0 Å². The van der Waals surface area contributed by atoms with Gasteiger partial charge in [-0.25, -0.2) is 0 Å². The molecule has 3 fully saturated rings. The van der Waals surface area contributed by atoms with Crippen molar-refractivity contribution >= 4 is 51.8 Å². The fourth-order valence-electron chi connectivity index (χ4n) is 5.86. The molecule has 3 heterocycles. The lowest BCUT2D eigenvalue weighted by Gasteiger charge is -2.29. The number of nitrogen functional groups attached to an aromatic ring is 4. The first kappa shape index (κ1) is 34.7. The first-order chi connectivity index (χ1) is 22.5. The van der Waals surface area contributed by atoms with Crippen LogP contribution in [0.15, 0.2) is 48.5 Å². The third kappa shape index (κ3) is 8.97. The van der Waals surface area contributed by atoms with E-state index >= 15 is 0 Å². The zero-order valence-corrected chi connectivity index (χ0v) is 27.0. The van der Waals surface area contributed by atoms with Crippen molar-refractivity contribution in [2.75, 3.05) is 85.2 Å². The smallest absolute Gasteiger partial charge is 0.256 e. The molecular formula is C34H47N9O4. The van der Waals surface area contributed by atoms with Gasteiger partial charge in [0.05, 0.1) is 29.9 Å². The average molecular weight is 646 g/mol. The third-order valence-electron chi connectivity index (χ3n) is 8.46. The minimum Gasteiger partial charge on any atom is -0.399 e. The normalized spacial score (nSPS) is 15.7. The van der Waals surface area contributed by atoms with Crippen LogP contribution in [-0.2, 0) is 4.74 Å². The largest absolute Gasteiger partial charge is 0.399 e. The number of likely N-dealkylation sites (tertiary alicyclic amines) is 1. The number of carbonyl (C=O) groups excluding carboxylic acids is 3. The van der Waals surface area contributed by atoms with Crippen molar-refractivity contribution in [1.29, 1.82) is 0 Å². The molecule has 3 aromatic carbocycles. The van der Waals surface area contributed by atoms with E-state index in [2.05, 4.69) is 16.7 Å². The fourth-order valence-corrected chi connectivity index (χ4v) is 5.86. The Morgan fingerprint density at radius 2 is 1.17 bits per heavy atom. The van der Waals surface area contributed by atoms with Gasteiger partial charge in [0.15, 0.2) is 0 Å². The van der Waals surface area contributed by atoms with Gasteiger partial charge in [0, 0.05) is 73.4 Å². The predicted molar refractivity (Wildman–Crippen MR) is 188 cm³/mol. The molecule has 3 amide bonds. The number of benzene rings is 3. The van der Waals surface area contributed by atoms with Gasteiger partial charge in [-0.15, -0.1) is 0 Å². The molecule has 0 atom stereocenters. The summed E-state index contributed by atoms with van der Waals surface area (Å²) in [6.45, 7) is 9.03. The molecule has 252 valence electrons. The lowest BCUT2D eigenvalue weighted by Crippen LogP contribution is -2.36. The summed E-state index contributed by atoms with van der Waals surface area (Å²) in [6, 6.07) is 13.9. The van der Waals surface area contributed by atoms with Crippen LogP contribution in [0.25, 0.3) is 0 Å². The second kappa shape index (κ2) is 15.9. The maximum atomic E-state index is 12.6. The van der Waals surface area contributed by atoms with Crippen molar-refractivity contribution in [2.45, 2.75) is 32.6 Å². The van der Waals surface area contributed by atoms with Crippen molar-refractivity contribution in [1.82, 2.24) is 4.90 Å². The Bertz CT molecular complexity index is 1580. The van der Waals surface area contributed by atoms with Crippen LogP contribution in [0.5, 0.6) is 0 Å². The zero-order chi connectivity index (χ0) is 34.1. The maximum absolute atomic E-state index is 12.6. The topological polar surface area (TPSA) is 226 Å². The van der Waals surface area contributed by atoms with Crippen LogP contribution in [0.3, 0.4) is 0 Å². The molecule has 0 unspecified atom stereocenters. The second-order valence-electron chi connectivity index (χ2n) is 11.9. The monoisotopic (exact) mass is 645 g/mol. The van der Waals surface area contributed by atoms with Crippen LogP contribution in [0.1, 0.15) is 62.3 Å². The van der Waals surface area contributed by atoms with Gasteiger partial charge >= 0.3 is 0 Å². The number of amides is 3. The lowest BCUT2D eigenvalue weighted by atomic mass is 10.1. The van der Waals surface area contributed by atoms with E-state index in [-0.39, 0.29) is 11.5 Å². The summed E-state index contributed by atoms with van der Waals surface area (Å²) in [4.78, 5) is 40.8. The molecule has 0 aromatic heterocycles. The summed E-state index contributed by atoms with van der Waals surface area (Å²) >= 11 is 0. The lowest BCUT2D eigenvalue weighted by molar-refractivity contribution is 0.0793. The van der Waals surface area contributed by atoms with Gasteiger partial charge < -0.3 is 53.8 Å². The molecule has 0 saturated carbocycles. The molecule has 3 saturated heterocycles. The first-order valence-corrected chi connectivity index (χ1v) is 15.9. The average Bonchev–Trinajstić information content (AvgIpc) is 3.79. The Balaban J connectivity index is 0.000000167. The zero-order valence-electron chi connectivity index (χ0n) is 27.0. The van der Waals surface area contributed by atoms with E-state index in [9.17, 15) is 14.4 Å². The number of primary amides is 2. The predicted octanol–water partition coefficient (Wildman–Crippen LogP) is 2.57. The van der Waals surface area contributed by atoms with Crippen LogP contribution in [0.2, 0.25) is 0 Å². The van der Waals surface area contributed by atoms with E-state index in [1.54, 1.807) is 24.3 Å². The van der Waals surface area contributed by atoms with E-state index in [4.69, 9.17) is 39.1 Å². The van der Waals surface area contributed by atoms with Crippen LogP contribution in [0, 0.1) is 6.92 Å². The van der Waals surface area contributed by atoms with E-state index in [1.807, 2.05) is 23.1 Å². The second-order valence-corrected chi connectivity index (χ2v) is 11.9. The molecule has 13 nitrogen and oxygen atoms in total. The van der Waals surface area contributed by atoms with E-state index in [0.717, 1.165) is 57.8 Å². The Morgan fingerprint density at radius 1 is 0.617 bits per heavy atom. The summed E-state index contributed by atoms with van der Waals surface area (Å²) in [5.41, 5.74) is 39.4. The van der Waals surface area contributed by atoms with Crippen LogP contribution in [0.4, 0.5) is 34.1 Å². The number of morpholine rings is 1. The van der Waals surface area contributed by atoms with Crippen LogP contribution in [-0.4, -0.2) is 75.1 Å². The fraction of sp³-hybridized carbons (Fsp3) is 0.382. The summed E-state index contributed by atoms with van der Waals surface area (Å²) in [7, 11) is 0. The number of ether oxygens (including phenoxy) is 1. The number of hydrogen-bond acceptors (Lipinski definition) is 10. The molecule has 0 spiro atoms. The summed E-state index contributed by atoms with van der Waals surface area (Å²) in [6.07, 6.45) is 4.69. The molecule has 0 aliphatic carbocycles. The summed E-state index contributed by atoms with van der Waals surface area (Å²) in [5, 5.41) is 0. The SMILES string of the molecule is Cc1cc(N)c(C(=O)N2CCCC2)cc1N1CCCC1.NC(=O)c1cc(N)ccc1N.NC(=O)c1cc(N2CCOCC2)ccc1N. The number of hydrogen-bond donors (Lipinski definition) is 6. The molecular weight excluding hydrogens is 598 g/mol. The number of nitrogens with two attached hydrogens (primary N) is 6. The molecule has 13 heteroatoms. The van der Waals surface area contributed by atoms with Gasteiger partial charge in [-0.3, -0.25) is 14.4 Å². The Labute approximate surface area is 275 Å². The maximum Gasteiger partial charge on any atom is 0.256 e. The standard InChI is InChI=1S/C16H23N3O.C11H15N3O2.C7H9N3O/c1-12-10-14(17)13(16(20)19-8-4-5-9-19)11-15(12)18-6-2-3-7-18;12-10-2-1-8(7-9(10)11(13)15)14-3-5-16-6-4-14;8-4-1-2-6(9)5(3-4)7(10)11/h10-11H,2-9,17H2,1H3;1-2,7H,3-6,12H2,(H2,13,15);1-3H,8-9H2,(H2,10,11). The molecule has 47 heavy (non-hydrogen) atoms.